The molecule has 2 aliphatic rings. The van der Waals surface area contributed by atoms with E-state index in [1.54, 1.807) is 0 Å². The van der Waals surface area contributed by atoms with E-state index in [9.17, 15) is 9.90 Å². The van der Waals surface area contributed by atoms with Gasteiger partial charge in [-0.25, -0.2) is 4.79 Å². The zero-order valence-electron chi connectivity index (χ0n) is 13.8. The average Bonchev–Trinajstić information content (AvgIpc) is 3.22. The molecule has 1 fully saturated rings. The van der Waals surface area contributed by atoms with Crippen LogP contribution in [0, 0.1) is 0 Å². The van der Waals surface area contributed by atoms with Gasteiger partial charge in [0.15, 0.2) is 5.69 Å². The van der Waals surface area contributed by atoms with Crippen molar-refractivity contribution in [2.75, 3.05) is 24.7 Å². The lowest BCUT2D eigenvalue weighted by molar-refractivity contribution is 0.0645. The third-order valence-corrected chi connectivity index (χ3v) is 5.36. The van der Waals surface area contributed by atoms with Gasteiger partial charge in [-0.3, -0.25) is 4.68 Å². The SMILES string of the molecule is O=C(O)c1nn(C2CCOCC2)cc1CN1CCc2c(Cl)cccc21. The second-order valence-electron chi connectivity index (χ2n) is 6.54. The van der Waals surface area contributed by atoms with E-state index < -0.39 is 5.97 Å². The Hall–Kier alpha value is -2.05. The van der Waals surface area contributed by atoms with E-state index in [-0.39, 0.29) is 11.7 Å². The van der Waals surface area contributed by atoms with Crippen molar-refractivity contribution < 1.29 is 14.6 Å². The molecular weight excluding hydrogens is 342 g/mol. The molecule has 0 unspecified atom stereocenters. The number of halogens is 1. The summed E-state index contributed by atoms with van der Waals surface area (Å²) >= 11 is 6.28. The first-order chi connectivity index (χ1) is 12.1. The van der Waals surface area contributed by atoms with Crippen LogP contribution in [0.5, 0.6) is 0 Å². The molecule has 0 spiro atoms. The number of rotatable bonds is 4. The zero-order chi connectivity index (χ0) is 17.4. The lowest BCUT2D eigenvalue weighted by Gasteiger charge is -2.22. The van der Waals surface area contributed by atoms with E-state index in [4.69, 9.17) is 16.3 Å². The van der Waals surface area contributed by atoms with Crippen molar-refractivity contribution in [2.24, 2.45) is 0 Å². The largest absolute Gasteiger partial charge is 0.476 e. The number of hydrogen-bond donors (Lipinski definition) is 1. The molecule has 25 heavy (non-hydrogen) atoms. The Morgan fingerprint density at radius 1 is 1.36 bits per heavy atom. The quantitative estimate of drug-likeness (QED) is 0.906. The summed E-state index contributed by atoms with van der Waals surface area (Å²) in [5, 5.41) is 14.7. The van der Waals surface area contributed by atoms with E-state index >= 15 is 0 Å². The summed E-state index contributed by atoms with van der Waals surface area (Å²) in [6, 6.07) is 6.08. The molecule has 3 heterocycles. The Labute approximate surface area is 151 Å². The number of carboxylic acids is 1. The summed E-state index contributed by atoms with van der Waals surface area (Å²) in [7, 11) is 0. The van der Waals surface area contributed by atoms with Gasteiger partial charge in [-0.1, -0.05) is 17.7 Å². The van der Waals surface area contributed by atoms with Gasteiger partial charge in [0, 0.05) is 48.8 Å². The van der Waals surface area contributed by atoms with Crippen LogP contribution in [0.1, 0.15) is 40.5 Å². The standard InChI is InChI=1S/C18H20ClN3O3/c19-15-2-1-3-16-14(15)4-7-21(16)10-12-11-22(20-17(12)18(23)24)13-5-8-25-9-6-13/h1-3,11,13H,4-10H2,(H,23,24). The number of fused-ring (bicyclic) bond motifs is 1. The van der Waals surface area contributed by atoms with Crippen molar-refractivity contribution in [1.29, 1.82) is 0 Å². The van der Waals surface area contributed by atoms with Crippen molar-refractivity contribution in [1.82, 2.24) is 9.78 Å². The van der Waals surface area contributed by atoms with Crippen LogP contribution in [0.25, 0.3) is 0 Å². The van der Waals surface area contributed by atoms with Gasteiger partial charge in [0.1, 0.15) is 0 Å². The minimum atomic E-state index is -0.980. The van der Waals surface area contributed by atoms with Crippen molar-refractivity contribution in [3.63, 3.8) is 0 Å². The van der Waals surface area contributed by atoms with E-state index in [0.717, 1.165) is 47.6 Å². The lowest BCUT2D eigenvalue weighted by Crippen LogP contribution is -2.21. The zero-order valence-corrected chi connectivity index (χ0v) is 14.6. The van der Waals surface area contributed by atoms with Crippen LogP contribution in [-0.4, -0.2) is 40.6 Å². The lowest BCUT2D eigenvalue weighted by atomic mass is 10.1. The smallest absolute Gasteiger partial charge is 0.356 e. The fourth-order valence-electron chi connectivity index (χ4n) is 3.69. The molecule has 2 aromatic rings. The van der Waals surface area contributed by atoms with Crippen LogP contribution in [-0.2, 0) is 17.7 Å². The van der Waals surface area contributed by atoms with Crippen LogP contribution < -0.4 is 4.90 Å². The summed E-state index contributed by atoms with van der Waals surface area (Å²) in [5.74, 6) is -0.980. The molecule has 1 saturated heterocycles. The number of benzene rings is 1. The van der Waals surface area contributed by atoms with Crippen LogP contribution >= 0.6 is 11.6 Å². The first-order valence-electron chi connectivity index (χ1n) is 8.55. The summed E-state index contributed by atoms with van der Waals surface area (Å²) in [6.45, 7) is 2.75. The number of aromatic nitrogens is 2. The maximum absolute atomic E-state index is 11.7. The molecular formula is C18H20ClN3O3. The predicted octanol–water partition coefficient (Wildman–Crippen LogP) is 3.15. The maximum Gasteiger partial charge on any atom is 0.356 e. The summed E-state index contributed by atoms with van der Waals surface area (Å²) in [4.78, 5) is 13.8. The third-order valence-electron chi connectivity index (χ3n) is 5.00. The number of carbonyl (C=O) groups is 1. The van der Waals surface area contributed by atoms with Crippen LogP contribution in [0.15, 0.2) is 24.4 Å². The molecule has 0 atom stereocenters. The Balaban J connectivity index is 1.61. The van der Waals surface area contributed by atoms with E-state index in [0.29, 0.717) is 19.8 Å². The molecule has 0 saturated carbocycles. The van der Waals surface area contributed by atoms with Gasteiger partial charge in [0.25, 0.3) is 0 Å². The van der Waals surface area contributed by atoms with Gasteiger partial charge in [-0.05, 0) is 37.0 Å². The van der Waals surface area contributed by atoms with Crippen molar-refractivity contribution in [3.8, 4) is 0 Å². The van der Waals surface area contributed by atoms with Crippen molar-refractivity contribution in [3.05, 3.63) is 46.2 Å². The highest BCUT2D eigenvalue weighted by atomic mass is 35.5. The Morgan fingerprint density at radius 2 is 2.16 bits per heavy atom. The summed E-state index contributed by atoms with van der Waals surface area (Å²) in [6.07, 6.45) is 4.50. The molecule has 2 aliphatic heterocycles. The molecule has 1 aromatic heterocycles. The molecule has 6 nitrogen and oxygen atoms in total. The van der Waals surface area contributed by atoms with Gasteiger partial charge in [-0.15, -0.1) is 0 Å². The highest BCUT2D eigenvalue weighted by molar-refractivity contribution is 6.31. The summed E-state index contributed by atoms with van der Waals surface area (Å²) in [5.41, 5.74) is 3.11. The first-order valence-corrected chi connectivity index (χ1v) is 8.92. The second-order valence-corrected chi connectivity index (χ2v) is 6.95. The number of aromatic carboxylic acids is 1. The first kappa shape index (κ1) is 16.4. The molecule has 0 radical (unpaired) electrons. The minimum absolute atomic E-state index is 0.141. The highest BCUT2D eigenvalue weighted by Gasteiger charge is 2.26. The molecule has 7 heteroatoms. The molecule has 1 aromatic carbocycles. The number of anilines is 1. The third kappa shape index (κ3) is 3.12. The minimum Gasteiger partial charge on any atom is -0.476 e. The number of ether oxygens (including phenoxy) is 1. The number of hydrogen-bond acceptors (Lipinski definition) is 4. The van der Waals surface area contributed by atoms with Crippen molar-refractivity contribution in [2.45, 2.75) is 31.8 Å². The topological polar surface area (TPSA) is 67.6 Å². The number of nitrogens with zero attached hydrogens (tertiary/aromatic N) is 3. The second kappa shape index (κ2) is 6.69. The van der Waals surface area contributed by atoms with Gasteiger partial charge in [-0.2, -0.15) is 5.10 Å². The Bertz CT molecular complexity index is 799. The monoisotopic (exact) mass is 361 g/mol. The van der Waals surface area contributed by atoms with Gasteiger partial charge in [0.2, 0.25) is 0 Å². The maximum atomic E-state index is 11.7. The highest BCUT2D eigenvalue weighted by Crippen LogP contribution is 2.34. The van der Waals surface area contributed by atoms with Crippen molar-refractivity contribution >= 4 is 23.3 Å². The van der Waals surface area contributed by atoms with E-state index in [1.165, 1.54) is 0 Å². The molecule has 132 valence electrons. The van der Waals surface area contributed by atoms with Gasteiger partial charge >= 0.3 is 5.97 Å². The van der Waals surface area contributed by atoms with Crippen LogP contribution in [0.3, 0.4) is 0 Å². The average molecular weight is 362 g/mol. The molecule has 1 N–H and O–H groups in total. The summed E-state index contributed by atoms with van der Waals surface area (Å²) < 4.78 is 7.20. The van der Waals surface area contributed by atoms with Crippen LogP contribution in [0.2, 0.25) is 5.02 Å². The molecule has 0 bridgehead atoms. The van der Waals surface area contributed by atoms with Crippen LogP contribution in [0.4, 0.5) is 5.69 Å². The predicted molar refractivity (Wildman–Crippen MR) is 94.5 cm³/mol. The van der Waals surface area contributed by atoms with Gasteiger partial charge < -0.3 is 14.7 Å². The molecule has 0 amide bonds. The Morgan fingerprint density at radius 3 is 2.92 bits per heavy atom. The van der Waals surface area contributed by atoms with E-state index in [1.807, 2.05) is 29.1 Å². The Kier molecular flexibility index (Phi) is 4.39. The fraction of sp³-hybridized carbons (Fsp3) is 0.444. The number of carboxylic acid groups (broad SMARTS) is 1. The van der Waals surface area contributed by atoms with E-state index in [2.05, 4.69) is 10.00 Å². The molecule has 0 aliphatic carbocycles. The van der Waals surface area contributed by atoms with Gasteiger partial charge in [0.05, 0.1) is 6.04 Å². The normalized spacial score (nSPS) is 17.7. The fourth-order valence-corrected chi connectivity index (χ4v) is 3.95. The molecule has 4 rings (SSSR count).